The normalized spacial score (nSPS) is 10.5. The van der Waals surface area contributed by atoms with Crippen molar-refractivity contribution < 1.29 is 5.11 Å². The van der Waals surface area contributed by atoms with E-state index in [2.05, 4.69) is 4.98 Å². The first kappa shape index (κ1) is 11.5. The van der Waals surface area contributed by atoms with Crippen LogP contribution in [0.5, 0.6) is 5.88 Å². The van der Waals surface area contributed by atoms with Crippen LogP contribution in [-0.4, -0.2) is 14.7 Å². The second-order valence-corrected chi connectivity index (χ2v) is 3.96. The highest BCUT2D eigenvalue weighted by Crippen LogP contribution is 2.18. The summed E-state index contributed by atoms with van der Waals surface area (Å²) in [6.45, 7) is 1.43. The summed E-state index contributed by atoms with van der Waals surface area (Å²) in [6, 6.07) is 6.40. The second kappa shape index (κ2) is 4.10. The minimum atomic E-state index is -0.708. The molecule has 1 aromatic heterocycles. The first-order valence-electron chi connectivity index (χ1n) is 4.81. The standard InChI is InChI=1S/C11H9ClN2O3/c1-6-9(15)13-11(17)14(10(6)16)8-4-2-3-7(12)5-8/h2-5,16H,1H3,(H,13,15,17). The Balaban J connectivity index is 2.81. The lowest BCUT2D eigenvalue weighted by Crippen LogP contribution is -2.30. The van der Waals surface area contributed by atoms with E-state index in [-0.39, 0.29) is 11.4 Å². The number of aromatic nitrogens is 2. The Hall–Kier alpha value is -2.01. The molecule has 2 aromatic rings. The molecule has 0 atom stereocenters. The van der Waals surface area contributed by atoms with E-state index >= 15 is 0 Å². The van der Waals surface area contributed by atoms with E-state index in [4.69, 9.17) is 11.6 Å². The number of hydrogen-bond donors (Lipinski definition) is 2. The molecule has 2 N–H and O–H groups in total. The van der Waals surface area contributed by atoms with E-state index in [0.717, 1.165) is 4.57 Å². The predicted molar refractivity (Wildman–Crippen MR) is 64.1 cm³/mol. The number of rotatable bonds is 1. The van der Waals surface area contributed by atoms with Gasteiger partial charge < -0.3 is 5.11 Å². The van der Waals surface area contributed by atoms with Crippen LogP contribution in [-0.2, 0) is 0 Å². The molecule has 88 valence electrons. The maximum atomic E-state index is 11.6. The molecule has 0 unspecified atom stereocenters. The van der Waals surface area contributed by atoms with Crippen LogP contribution < -0.4 is 11.2 Å². The number of aromatic hydroxyl groups is 1. The number of nitrogens with one attached hydrogen (secondary N) is 1. The summed E-state index contributed by atoms with van der Waals surface area (Å²) in [7, 11) is 0. The molecule has 0 fully saturated rings. The number of hydrogen-bond acceptors (Lipinski definition) is 3. The van der Waals surface area contributed by atoms with Crippen LogP contribution in [0.2, 0.25) is 5.02 Å². The summed E-state index contributed by atoms with van der Waals surface area (Å²) in [5.74, 6) is -0.388. The van der Waals surface area contributed by atoms with Crippen molar-refractivity contribution in [3.63, 3.8) is 0 Å². The summed E-state index contributed by atoms with van der Waals surface area (Å²) in [4.78, 5) is 25.0. The van der Waals surface area contributed by atoms with Gasteiger partial charge in [-0.2, -0.15) is 0 Å². The Kier molecular flexibility index (Phi) is 2.77. The fourth-order valence-electron chi connectivity index (χ4n) is 1.47. The van der Waals surface area contributed by atoms with Gasteiger partial charge in [0.1, 0.15) is 0 Å². The maximum Gasteiger partial charge on any atom is 0.335 e. The van der Waals surface area contributed by atoms with Crippen LogP contribution >= 0.6 is 11.6 Å². The highest BCUT2D eigenvalue weighted by atomic mass is 35.5. The molecule has 5 nitrogen and oxygen atoms in total. The monoisotopic (exact) mass is 252 g/mol. The molecular weight excluding hydrogens is 244 g/mol. The van der Waals surface area contributed by atoms with Crippen LogP contribution in [0.25, 0.3) is 5.69 Å². The van der Waals surface area contributed by atoms with Crippen molar-refractivity contribution in [3.8, 4) is 11.6 Å². The molecule has 0 amide bonds. The number of nitrogens with zero attached hydrogens (tertiary/aromatic N) is 1. The zero-order valence-electron chi connectivity index (χ0n) is 8.90. The van der Waals surface area contributed by atoms with E-state index < -0.39 is 11.2 Å². The molecular formula is C11H9ClN2O3. The molecule has 17 heavy (non-hydrogen) atoms. The fourth-order valence-corrected chi connectivity index (χ4v) is 1.65. The van der Waals surface area contributed by atoms with Gasteiger partial charge in [-0.1, -0.05) is 17.7 Å². The summed E-state index contributed by atoms with van der Waals surface area (Å²) >= 11 is 5.80. The summed E-state index contributed by atoms with van der Waals surface area (Å²) in [5.41, 5.74) is -0.852. The zero-order chi connectivity index (χ0) is 12.6. The molecule has 0 saturated carbocycles. The second-order valence-electron chi connectivity index (χ2n) is 3.52. The van der Waals surface area contributed by atoms with Crippen LogP contribution in [0.4, 0.5) is 0 Å². The number of benzene rings is 1. The number of halogens is 1. The van der Waals surface area contributed by atoms with Gasteiger partial charge in [-0.05, 0) is 25.1 Å². The van der Waals surface area contributed by atoms with Gasteiger partial charge in [0, 0.05) is 5.02 Å². The van der Waals surface area contributed by atoms with Gasteiger partial charge in [0.2, 0.25) is 5.88 Å². The number of H-pyrrole nitrogens is 1. The zero-order valence-corrected chi connectivity index (χ0v) is 9.65. The Bertz CT molecular complexity index is 688. The van der Waals surface area contributed by atoms with Crippen molar-refractivity contribution >= 4 is 11.6 Å². The van der Waals surface area contributed by atoms with E-state index in [0.29, 0.717) is 10.7 Å². The van der Waals surface area contributed by atoms with Gasteiger partial charge in [-0.25, -0.2) is 9.36 Å². The van der Waals surface area contributed by atoms with Crippen molar-refractivity contribution in [2.45, 2.75) is 6.92 Å². The minimum absolute atomic E-state index is 0.0737. The molecule has 0 spiro atoms. The SMILES string of the molecule is Cc1c(O)n(-c2cccc(Cl)c2)c(=O)[nH]c1=O. The largest absolute Gasteiger partial charge is 0.494 e. The minimum Gasteiger partial charge on any atom is -0.494 e. The molecule has 2 rings (SSSR count). The summed E-state index contributed by atoms with van der Waals surface area (Å²) < 4.78 is 0.989. The van der Waals surface area contributed by atoms with E-state index in [1.807, 2.05) is 0 Å². The lowest BCUT2D eigenvalue weighted by Gasteiger charge is -2.09. The average Bonchev–Trinajstić information content (AvgIpc) is 2.26. The molecule has 0 aliphatic rings. The van der Waals surface area contributed by atoms with Crippen LogP contribution in [0.3, 0.4) is 0 Å². The molecule has 1 heterocycles. The lowest BCUT2D eigenvalue weighted by molar-refractivity contribution is 0.426. The van der Waals surface area contributed by atoms with Crippen molar-refractivity contribution in [2.75, 3.05) is 0 Å². The molecule has 0 saturated heterocycles. The predicted octanol–water partition coefficient (Wildman–Crippen LogP) is 1.19. The molecule has 0 radical (unpaired) electrons. The third-order valence-corrected chi connectivity index (χ3v) is 2.61. The van der Waals surface area contributed by atoms with Gasteiger partial charge in [-0.3, -0.25) is 9.78 Å². The van der Waals surface area contributed by atoms with Gasteiger partial charge in [-0.15, -0.1) is 0 Å². The van der Waals surface area contributed by atoms with Crippen molar-refractivity contribution in [2.24, 2.45) is 0 Å². The van der Waals surface area contributed by atoms with Crippen LogP contribution in [0.15, 0.2) is 33.9 Å². The third kappa shape index (κ3) is 1.97. The van der Waals surface area contributed by atoms with Gasteiger partial charge in [0.25, 0.3) is 5.56 Å². The van der Waals surface area contributed by atoms with Gasteiger partial charge in [0.05, 0.1) is 11.3 Å². The molecule has 0 bridgehead atoms. The Morgan fingerprint density at radius 3 is 2.71 bits per heavy atom. The molecule has 0 aliphatic heterocycles. The third-order valence-electron chi connectivity index (χ3n) is 2.38. The molecule has 6 heteroatoms. The van der Waals surface area contributed by atoms with Crippen molar-refractivity contribution in [3.05, 3.63) is 55.7 Å². The van der Waals surface area contributed by atoms with Gasteiger partial charge >= 0.3 is 5.69 Å². The fraction of sp³-hybridized carbons (Fsp3) is 0.0909. The van der Waals surface area contributed by atoms with Crippen LogP contribution in [0, 0.1) is 6.92 Å². The Labute approximate surface area is 101 Å². The van der Waals surface area contributed by atoms with Gasteiger partial charge in [0.15, 0.2) is 0 Å². The summed E-state index contributed by atoms with van der Waals surface area (Å²) in [6.07, 6.45) is 0. The Morgan fingerprint density at radius 1 is 1.35 bits per heavy atom. The number of aromatic amines is 1. The topological polar surface area (TPSA) is 75.1 Å². The maximum absolute atomic E-state index is 11.6. The van der Waals surface area contributed by atoms with Crippen LogP contribution in [0.1, 0.15) is 5.56 Å². The highest BCUT2D eigenvalue weighted by Gasteiger charge is 2.11. The van der Waals surface area contributed by atoms with Crippen molar-refractivity contribution in [1.29, 1.82) is 0 Å². The summed E-state index contributed by atoms with van der Waals surface area (Å²) in [5, 5.41) is 10.2. The van der Waals surface area contributed by atoms with E-state index in [9.17, 15) is 14.7 Å². The van der Waals surface area contributed by atoms with Crippen molar-refractivity contribution in [1.82, 2.24) is 9.55 Å². The first-order valence-corrected chi connectivity index (χ1v) is 5.19. The molecule has 0 aliphatic carbocycles. The smallest absolute Gasteiger partial charge is 0.335 e. The quantitative estimate of drug-likeness (QED) is 0.801. The highest BCUT2D eigenvalue weighted by molar-refractivity contribution is 6.30. The average molecular weight is 253 g/mol. The van der Waals surface area contributed by atoms with E-state index in [1.54, 1.807) is 18.2 Å². The first-order chi connectivity index (χ1) is 8.00. The lowest BCUT2D eigenvalue weighted by atomic mass is 10.3. The molecule has 1 aromatic carbocycles. The van der Waals surface area contributed by atoms with E-state index in [1.165, 1.54) is 13.0 Å². The Morgan fingerprint density at radius 2 is 2.06 bits per heavy atom.